The smallest absolute Gasteiger partial charge is 0.247 e. The number of methoxy groups -OCH3 is 1. The number of benzene rings is 3. The van der Waals surface area contributed by atoms with Crippen molar-refractivity contribution < 1.29 is 14.0 Å². The van der Waals surface area contributed by atoms with E-state index in [4.69, 9.17) is 14.0 Å². The van der Waals surface area contributed by atoms with E-state index in [1.165, 1.54) is 0 Å². The predicted octanol–water partition coefficient (Wildman–Crippen LogP) is 5.50. The molecular formula is C24H19N7O3. The zero-order valence-corrected chi connectivity index (χ0v) is 18.1. The maximum atomic E-state index is 5.26. The molecule has 2 heterocycles. The van der Waals surface area contributed by atoms with Gasteiger partial charge in [-0.2, -0.15) is 0 Å². The first-order chi connectivity index (χ1) is 16.8. The summed E-state index contributed by atoms with van der Waals surface area (Å²) in [5, 5.41) is 26.4. The molecule has 3 aromatic carbocycles. The first kappa shape index (κ1) is 21.0. The van der Waals surface area contributed by atoms with Crippen LogP contribution in [-0.4, -0.2) is 27.7 Å². The molecule has 0 aliphatic rings. The number of hydrogen-bond acceptors (Lipinski definition) is 9. The lowest BCUT2D eigenvalue weighted by Gasteiger charge is -2.15. The second-order valence-corrected chi connectivity index (χ2v) is 7.20. The highest BCUT2D eigenvalue weighted by Gasteiger charge is 2.21. The van der Waals surface area contributed by atoms with Gasteiger partial charge in [0, 0.05) is 11.1 Å². The number of ether oxygens (including phenoxy) is 1. The van der Waals surface area contributed by atoms with Crippen molar-refractivity contribution in [3.8, 4) is 28.3 Å². The van der Waals surface area contributed by atoms with Crippen LogP contribution in [0.5, 0.6) is 5.75 Å². The minimum Gasteiger partial charge on any atom is -0.497 e. The van der Waals surface area contributed by atoms with E-state index < -0.39 is 0 Å². The number of hydrogen-bond donors (Lipinski definition) is 0. The summed E-state index contributed by atoms with van der Waals surface area (Å²) in [6.45, 7) is 0.341. The Morgan fingerprint density at radius 3 is 2.03 bits per heavy atom. The van der Waals surface area contributed by atoms with Crippen LogP contribution in [-0.2, 0) is 6.54 Å². The van der Waals surface area contributed by atoms with E-state index in [0.29, 0.717) is 23.8 Å². The van der Waals surface area contributed by atoms with E-state index >= 15 is 0 Å². The predicted molar refractivity (Wildman–Crippen MR) is 123 cm³/mol. The van der Waals surface area contributed by atoms with E-state index in [0.717, 1.165) is 22.4 Å². The lowest BCUT2D eigenvalue weighted by Crippen LogP contribution is -2.16. The number of rotatable bonds is 8. The largest absolute Gasteiger partial charge is 0.497 e. The third kappa shape index (κ3) is 4.51. The van der Waals surface area contributed by atoms with Gasteiger partial charge in [0.2, 0.25) is 11.6 Å². The van der Waals surface area contributed by atoms with Crippen LogP contribution in [0.2, 0.25) is 0 Å². The molecule has 10 heteroatoms. The average molecular weight is 453 g/mol. The first-order valence-electron chi connectivity index (χ1n) is 10.4. The summed E-state index contributed by atoms with van der Waals surface area (Å²) in [5.41, 5.74) is 3.61. The fourth-order valence-electron chi connectivity index (χ4n) is 3.31. The van der Waals surface area contributed by atoms with Gasteiger partial charge in [-0.1, -0.05) is 78.0 Å². The molecule has 10 nitrogen and oxygen atoms in total. The standard InChI is InChI=1S/C24H19N7O3/c1-32-20-14-12-17(13-15-20)16-31(24-22(27-34-29-24)19-10-6-3-7-11-19)30-25-23-21(26-33-28-23)18-8-4-2-5-9-18/h2-15H,16H2,1H3. The molecule has 2 aromatic heterocycles. The highest BCUT2D eigenvalue weighted by molar-refractivity contribution is 5.71. The van der Waals surface area contributed by atoms with Gasteiger partial charge in [0.15, 0.2) is 11.4 Å². The summed E-state index contributed by atoms with van der Waals surface area (Å²) in [6, 6.07) is 26.7. The Labute approximate surface area is 194 Å². The highest BCUT2D eigenvalue weighted by Crippen LogP contribution is 2.31. The van der Waals surface area contributed by atoms with Gasteiger partial charge in [-0.3, -0.25) is 0 Å². The molecule has 0 fully saturated rings. The van der Waals surface area contributed by atoms with Crippen LogP contribution in [0.3, 0.4) is 0 Å². The zero-order valence-electron chi connectivity index (χ0n) is 18.1. The second-order valence-electron chi connectivity index (χ2n) is 7.20. The van der Waals surface area contributed by atoms with Crippen LogP contribution in [0.15, 0.2) is 105 Å². The molecule has 0 radical (unpaired) electrons. The highest BCUT2D eigenvalue weighted by atomic mass is 16.6. The molecule has 0 atom stereocenters. The Bertz CT molecular complexity index is 1370. The van der Waals surface area contributed by atoms with Gasteiger partial charge < -0.3 is 4.74 Å². The number of aromatic nitrogens is 4. The summed E-state index contributed by atoms with van der Waals surface area (Å²) in [7, 11) is 1.62. The minimum absolute atomic E-state index is 0.239. The Morgan fingerprint density at radius 1 is 0.735 bits per heavy atom. The van der Waals surface area contributed by atoms with Crippen molar-refractivity contribution in [1.82, 2.24) is 20.6 Å². The molecule has 0 unspecified atom stereocenters. The van der Waals surface area contributed by atoms with Crippen LogP contribution < -0.4 is 9.75 Å². The van der Waals surface area contributed by atoms with Gasteiger partial charge in [0.25, 0.3) is 0 Å². The lowest BCUT2D eigenvalue weighted by atomic mass is 10.1. The maximum absolute atomic E-state index is 5.26. The molecule has 0 aliphatic carbocycles. The summed E-state index contributed by atoms with van der Waals surface area (Å²) < 4.78 is 15.3. The fraction of sp³-hybridized carbons (Fsp3) is 0.0833. The molecule has 0 spiro atoms. The normalized spacial score (nSPS) is 11.1. The van der Waals surface area contributed by atoms with Crippen LogP contribution in [0.1, 0.15) is 5.56 Å². The van der Waals surface area contributed by atoms with Crippen LogP contribution >= 0.6 is 0 Å². The topological polar surface area (TPSA) is 115 Å². The van der Waals surface area contributed by atoms with Crippen LogP contribution in [0.25, 0.3) is 22.5 Å². The maximum Gasteiger partial charge on any atom is 0.247 e. The quantitative estimate of drug-likeness (QED) is 0.223. The third-order valence-electron chi connectivity index (χ3n) is 5.02. The molecule has 34 heavy (non-hydrogen) atoms. The van der Waals surface area contributed by atoms with E-state index in [1.807, 2.05) is 84.9 Å². The van der Waals surface area contributed by atoms with Crippen LogP contribution in [0.4, 0.5) is 11.6 Å². The summed E-state index contributed by atoms with van der Waals surface area (Å²) in [6.07, 6.45) is 0. The minimum atomic E-state index is 0.239. The Balaban J connectivity index is 1.51. The molecule has 5 rings (SSSR count). The van der Waals surface area contributed by atoms with E-state index in [1.54, 1.807) is 12.1 Å². The molecule has 0 amide bonds. The summed E-state index contributed by atoms with van der Waals surface area (Å²) in [4.78, 5) is 0. The fourth-order valence-corrected chi connectivity index (χ4v) is 3.31. The monoisotopic (exact) mass is 453 g/mol. The Morgan fingerprint density at radius 2 is 1.35 bits per heavy atom. The van der Waals surface area contributed by atoms with Gasteiger partial charge in [-0.15, -0.1) is 5.11 Å². The first-order valence-corrected chi connectivity index (χ1v) is 10.4. The Kier molecular flexibility index (Phi) is 6.02. The van der Waals surface area contributed by atoms with Gasteiger partial charge in [-0.05, 0) is 38.3 Å². The molecule has 0 bridgehead atoms. The summed E-state index contributed by atoms with van der Waals surface area (Å²) in [5.74, 6) is 1.40. The van der Waals surface area contributed by atoms with Gasteiger partial charge in [0.1, 0.15) is 5.75 Å². The van der Waals surface area contributed by atoms with Gasteiger partial charge in [-0.25, -0.2) is 14.3 Å². The molecule has 0 saturated heterocycles. The number of nitrogens with zero attached hydrogens (tertiary/aromatic N) is 7. The summed E-state index contributed by atoms with van der Waals surface area (Å²) >= 11 is 0. The van der Waals surface area contributed by atoms with Gasteiger partial charge in [0.05, 0.1) is 13.7 Å². The zero-order chi connectivity index (χ0) is 23.2. The van der Waals surface area contributed by atoms with Crippen molar-refractivity contribution in [2.75, 3.05) is 12.1 Å². The molecule has 0 saturated carbocycles. The molecule has 168 valence electrons. The van der Waals surface area contributed by atoms with Crippen molar-refractivity contribution in [1.29, 1.82) is 0 Å². The molecular weight excluding hydrogens is 434 g/mol. The third-order valence-corrected chi connectivity index (χ3v) is 5.02. The van der Waals surface area contributed by atoms with Crippen molar-refractivity contribution >= 4 is 11.6 Å². The SMILES string of the molecule is COc1ccc(CN(N=Nc2nonc2-c2ccccc2)c2nonc2-c2ccccc2)cc1. The van der Waals surface area contributed by atoms with Crippen molar-refractivity contribution in [3.05, 3.63) is 90.5 Å². The number of anilines is 1. The lowest BCUT2D eigenvalue weighted by molar-refractivity contribution is 0.308. The Hall–Kier alpha value is -4.86. The second kappa shape index (κ2) is 9.74. The van der Waals surface area contributed by atoms with E-state index in [-0.39, 0.29) is 5.82 Å². The van der Waals surface area contributed by atoms with Crippen molar-refractivity contribution in [3.63, 3.8) is 0 Å². The van der Waals surface area contributed by atoms with E-state index in [2.05, 4.69) is 31.0 Å². The molecule has 0 aliphatic heterocycles. The molecule has 5 aromatic rings. The molecule has 0 N–H and O–H groups in total. The average Bonchev–Trinajstić information content (AvgIpc) is 3.58. The van der Waals surface area contributed by atoms with Crippen molar-refractivity contribution in [2.45, 2.75) is 6.54 Å². The van der Waals surface area contributed by atoms with Gasteiger partial charge >= 0.3 is 0 Å². The van der Waals surface area contributed by atoms with Crippen molar-refractivity contribution in [2.24, 2.45) is 10.3 Å². The van der Waals surface area contributed by atoms with E-state index in [9.17, 15) is 0 Å². The van der Waals surface area contributed by atoms with Crippen LogP contribution in [0, 0.1) is 0 Å².